The number of thioether (sulfide) groups is 1. The van der Waals surface area contributed by atoms with Crippen LogP contribution >= 0.6 is 11.8 Å². The summed E-state index contributed by atoms with van der Waals surface area (Å²) in [5.41, 5.74) is 1.06. The van der Waals surface area contributed by atoms with Gasteiger partial charge in [0.25, 0.3) is 0 Å². The van der Waals surface area contributed by atoms with Crippen LogP contribution in [0.15, 0.2) is 59.5 Å². The van der Waals surface area contributed by atoms with Gasteiger partial charge in [-0.05, 0) is 36.2 Å². The number of benzene rings is 2. The summed E-state index contributed by atoms with van der Waals surface area (Å²) in [6, 6.07) is 15.4. The van der Waals surface area contributed by atoms with E-state index in [0.717, 1.165) is 10.5 Å². The molecule has 22 heavy (non-hydrogen) atoms. The zero-order chi connectivity index (χ0) is 15.8. The lowest BCUT2D eigenvalue weighted by molar-refractivity contribution is -0.119. The van der Waals surface area contributed by atoms with Crippen molar-refractivity contribution in [2.75, 3.05) is 12.4 Å². The molecule has 0 aliphatic heterocycles. The van der Waals surface area contributed by atoms with E-state index in [1.807, 2.05) is 30.3 Å². The summed E-state index contributed by atoms with van der Waals surface area (Å²) in [6.45, 7) is -0.109. The van der Waals surface area contributed by atoms with E-state index in [2.05, 4.69) is 5.32 Å². The fourth-order valence-electron chi connectivity index (χ4n) is 2.01. The number of rotatable bonds is 7. The van der Waals surface area contributed by atoms with Crippen molar-refractivity contribution in [2.24, 2.45) is 0 Å². The molecule has 0 saturated heterocycles. The minimum atomic E-state index is -0.302. The summed E-state index contributed by atoms with van der Waals surface area (Å²) in [6.07, 6.45) is 0.588. The van der Waals surface area contributed by atoms with Gasteiger partial charge in [0.05, 0.1) is 18.4 Å². The number of aliphatic hydroxyl groups excluding tert-OH is 1. The molecule has 2 aromatic rings. The zero-order valence-electron chi connectivity index (χ0n) is 12.0. The molecule has 1 amide bonds. The summed E-state index contributed by atoms with van der Waals surface area (Å²) >= 11 is 1.34. The van der Waals surface area contributed by atoms with Crippen LogP contribution in [0.5, 0.6) is 0 Å². The van der Waals surface area contributed by atoms with Crippen LogP contribution in [0.2, 0.25) is 0 Å². The second kappa shape index (κ2) is 8.56. The highest BCUT2D eigenvalue weighted by Crippen LogP contribution is 2.17. The molecule has 0 bridgehead atoms. The Labute approximate surface area is 133 Å². The van der Waals surface area contributed by atoms with Crippen molar-refractivity contribution < 1.29 is 14.3 Å². The first-order valence-corrected chi connectivity index (χ1v) is 7.98. The highest BCUT2D eigenvalue weighted by atomic mass is 32.2. The van der Waals surface area contributed by atoms with Crippen LogP contribution < -0.4 is 5.32 Å². The van der Waals surface area contributed by atoms with Gasteiger partial charge in [0.1, 0.15) is 5.82 Å². The first-order valence-electron chi connectivity index (χ1n) is 7.00. The number of amides is 1. The molecule has 116 valence electrons. The van der Waals surface area contributed by atoms with E-state index in [4.69, 9.17) is 0 Å². The molecule has 1 atom stereocenters. The molecule has 2 rings (SSSR count). The van der Waals surface area contributed by atoms with Gasteiger partial charge in [-0.25, -0.2) is 4.39 Å². The van der Waals surface area contributed by atoms with E-state index >= 15 is 0 Å². The Bertz CT molecular complexity index is 589. The van der Waals surface area contributed by atoms with Crippen LogP contribution in [0.1, 0.15) is 5.56 Å². The molecule has 0 fully saturated rings. The van der Waals surface area contributed by atoms with Crippen molar-refractivity contribution in [3.63, 3.8) is 0 Å². The van der Waals surface area contributed by atoms with Crippen molar-refractivity contribution in [2.45, 2.75) is 17.4 Å². The highest BCUT2D eigenvalue weighted by molar-refractivity contribution is 8.00. The van der Waals surface area contributed by atoms with Gasteiger partial charge < -0.3 is 10.4 Å². The largest absolute Gasteiger partial charge is 0.394 e. The highest BCUT2D eigenvalue weighted by Gasteiger charge is 2.12. The zero-order valence-corrected chi connectivity index (χ0v) is 12.9. The van der Waals surface area contributed by atoms with Crippen molar-refractivity contribution >= 4 is 17.7 Å². The van der Waals surface area contributed by atoms with Crippen LogP contribution in [0.3, 0.4) is 0 Å². The average Bonchev–Trinajstić information content (AvgIpc) is 2.54. The maximum atomic E-state index is 12.8. The van der Waals surface area contributed by atoms with Gasteiger partial charge in [0, 0.05) is 4.90 Å². The van der Waals surface area contributed by atoms with E-state index in [1.54, 1.807) is 12.1 Å². The molecule has 5 heteroatoms. The van der Waals surface area contributed by atoms with Crippen LogP contribution in [-0.4, -0.2) is 29.4 Å². The normalized spacial score (nSPS) is 11.9. The maximum absolute atomic E-state index is 12.8. The van der Waals surface area contributed by atoms with Crippen molar-refractivity contribution in [1.29, 1.82) is 0 Å². The van der Waals surface area contributed by atoms with E-state index < -0.39 is 0 Å². The van der Waals surface area contributed by atoms with Crippen molar-refractivity contribution in [3.05, 3.63) is 66.0 Å². The second-order valence-electron chi connectivity index (χ2n) is 4.88. The minimum Gasteiger partial charge on any atom is -0.394 e. The fraction of sp³-hybridized carbons (Fsp3) is 0.235. The Morgan fingerprint density at radius 3 is 2.45 bits per heavy atom. The predicted molar refractivity (Wildman–Crippen MR) is 86.3 cm³/mol. The molecular formula is C17H18FNO2S. The van der Waals surface area contributed by atoms with Gasteiger partial charge in [-0.1, -0.05) is 30.3 Å². The first kappa shape index (κ1) is 16.5. The molecule has 0 aromatic heterocycles. The summed E-state index contributed by atoms with van der Waals surface area (Å²) in [7, 11) is 0. The summed E-state index contributed by atoms with van der Waals surface area (Å²) in [4.78, 5) is 12.8. The Balaban J connectivity index is 1.80. The Morgan fingerprint density at radius 2 is 1.82 bits per heavy atom. The topological polar surface area (TPSA) is 49.3 Å². The molecule has 2 N–H and O–H groups in total. The second-order valence-corrected chi connectivity index (χ2v) is 5.93. The van der Waals surface area contributed by atoms with E-state index in [9.17, 15) is 14.3 Å². The third-order valence-electron chi connectivity index (χ3n) is 3.09. The molecule has 0 aliphatic carbocycles. The fourth-order valence-corrected chi connectivity index (χ4v) is 2.72. The third-order valence-corrected chi connectivity index (χ3v) is 4.11. The third kappa shape index (κ3) is 5.50. The van der Waals surface area contributed by atoms with Crippen molar-refractivity contribution in [1.82, 2.24) is 5.32 Å². The minimum absolute atomic E-state index is 0.109. The lowest BCUT2D eigenvalue weighted by Crippen LogP contribution is -2.40. The van der Waals surface area contributed by atoms with E-state index in [0.29, 0.717) is 6.42 Å². The summed E-state index contributed by atoms with van der Waals surface area (Å²) in [5.74, 6) is -0.210. The van der Waals surface area contributed by atoms with Gasteiger partial charge in [0.2, 0.25) is 5.91 Å². The number of hydrogen-bond acceptors (Lipinski definition) is 3. The molecule has 0 saturated carbocycles. The molecule has 0 radical (unpaired) electrons. The van der Waals surface area contributed by atoms with Gasteiger partial charge in [-0.15, -0.1) is 11.8 Å². The monoisotopic (exact) mass is 319 g/mol. The number of halogens is 1. The standard InChI is InChI=1S/C17H18FNO2S/c18-14-6-8-16(9-7-14)22-12-17(21)19-15(11-20)10-13-4-2-1-3-5-13/h1-9,15,20H,10-12H2,(H,19,21). The van der Waals surface area contributed by atoms with Crippen molar-refractivity contribution in [3.8, 4) is 0 Å². The molecular weight excluding hydrogens is 301 g/mol. The molecule has 0 heterocycles. The number of hydrogen-bond donors (Lipinski definition) is 2. The SMILES string of the molecule is O=C(CSc1ccc(F)cc1)NC(CO)Cc1ccccc1. The molecule has 1 unspecified atom stereocenters. The predicted octanol–water partition coefficient (Wildman–Crippen LogP) is 2.64. The first-order chi connectivity index (χ1) is 10.7. The van der Waals surface area contributed by atoms with Gasteiger partial charge >= 0.3 is 0 Å². The van der Waals surface area contributed by atoms with E-state index in [1.165, 1.54) is 23.9 Å². The summed E-state index contributed by atoms with van der Waals surface area (Å²) < 4.78 is 12.8. The van der Waals surface area contributed by atoms with Crippen LogP contribution in [0, 0.1) is 5.82 Å². The number of carbonyl (C=O) groups excluding carboxylic acids is 1. The Hall–Kier alpha value is -1.85. The molecule has 3 nitrogen and oxygen atoms in total. The van der Waals surface area contributed by atoms with Gasteiger partial charge in [0.15, 0.2) is 0 Å². The Morgan fingerprint density at radius 1 is 1.14 bits per heavy atom. The summed E-state index contributed by atoms with van der Waals surface area (Å²) in [5, 5.41) is 12.2. The number of aliphatic hydroxyl groups is 1. The smallest absolute Gasteiger partial charge is 0.230 e. The quantitative estimate of drug-likeness (QED) is 0.771. The maximum Gasteiger partial charge on any atom is 0.230 e. The lowest BCUT2D eigenvalue weighted by atomic mass is 10.1. The number of nitrogens with one attached hydrogen (secondary N) is 1. The lowest BCUT2D eigenvalue weighted by Gasteiger charge is -2.16. The molecule has 0 spiro atoms. The van der Waals surface area contributed by atoms with E-state index in [-0.39, 0.29) is 30.1 Å². The van der Waals surface area contributed by atoms with Gasteiger partial charge in [-0.3, -0.25) is 4.79 Å². The van der Waals surface area contributed by atoms with Crippen LogP contribution in [-0.2, 0) is 11.2 Å². The average molecular weight is 319 g/mol. The molecule has 0 aliphatic rings. The number of carbonyl (C=O) groups is 1. The van der Waals surface area contributed by atoms with Crippen LogP contribution in [0.4, 0.5) is 4.39 Å². The van der Waals surface area contributed by atoms with Gasteiger partial charge in [-0.2, -0.15) is 0 Å². The molecule has 2 aromatic carbocycles. The van der Waals surface area contributed by atoms with Crippen LogP contribution in [0.25, 0.3) is 0 Å². The Kier molecular flexibility index (Phi) is 6.43.